The molecule has 0 spiro atoms. The number of aromatic nitrogens is 2. The van der Waals surface area contributed by atoms with Crippen molar-refractivity contribution in [2.45, 2.75) is 26.4 Å². The fourth-order valence-electron chi connectivity index (χ4n) is 2.70. The lowest BCUT2D eigenvalue weighted by Crippen LogP contribution is -2.50. The average Bonchev–Trinajstić information content (AvgIpc) is 2.53. The molecule has 1 aromatic carbocycles. The van der Waals surface area contributed by atoms with Crippen LogP contribution in [0.15, 0.2) is 30.5 Å². The Morgan fingerprint density at radius 3 is 2.52 bits per heavy atom. The maximum absolute atomic E-state index is 12.1. The van der Waals surface area contributed by atoms with Crippen molar-refractivity contribution >= 4 is 22.7 Å². The molecule has 6 heteroatoms. The van der Waals surface area contributed by atoms with Gasteiger partial charge in [0.25, 0.3) is 0 Å². The molecule has 2 aromatic rings. The van der Waals surface area contributed by atoms with Crippen LogP contribution in [0.2, 0.25) is 0 Å². The predicted molar refractivity (Wildman–Crippen MR) is 89.6 cm³/mol. The van der Waals surface area contributed by atoms with E-state index >= 15 is 0 Å². The third-order valence-electron chi connectivity index (χ3n) is 3.80. The second-order valence-corrected chi connectivity index (χ2v) is 6.70. The van der Waals surface area contributed by atoms with Crippen LogP contribution in [0.25, 0.3) is 10.9 Å². The van der Waals surface area contributed by atoms with Crippen LogP contribution in [0.4, 0.5) is 10.5 Å². The zero-order valence-electron chi connectivity index (χ0n) is 13.8. The Balaban J connectivity index is 1.70. The van der Waals surface area contributed by atoms with E-state index in [2.05, 4.69) is 21.2 Å². The Morgan fingerprint density at radius 1 is 1.13 bits per heavy atom. The van der Waals surface area contributed by atoms with Gasteiger partial charge >= 0.3 is 6.09 Å². The molecule has 6 nitrogen and oxygen atoms in total. The van der Waals surface area contributed by atoms with Gasteiger partial charge in [-0.15, -0.1) is 0 Å². The number of nitrogens with zero attached hydrogens (tertiary/aromatic N) is 4. The molecule has 2 heterocycles. The quantitative estimate of drug-likeness (QED) is 0.810. The molecule has 1 aliphatic heterocycles. The Labute approximate surface area is 136 Å². The number of carbonyl (C=O) groups excluding carboxylic acids is 1. The molecule has 0 radical (unpaired) electrons. The second kappa shape index (κ2) is 6.02. The highest BCUT2D eigenvalue weighted by atomic mass is 16.6. The fraction of sp³-hybridized carbons (Fsp3) is 0.471. The molecule has 122 valence electrons. The molecule has 0 saturated carbocycles. The molecular weight excluding hydrogens is 292 g/mol. The Kier molecular flexibility index (Phi) is 4.07. The molecule has 0 unspecified atom stereocenters. The highest BCUT2D eigenvalue weighted by Crippen LogP contribution is 2.25. The number of hydrogen-bond donors (Lipinski definition) is 0. The molecule has 3 rings (SSSR count). The van der Waals surface area contributed by atoms with Crippen molar-refractivity contribution in [2.24, 2.45) is 0 Å². The Hall–Kier alpha value is -2.37. The van der Waals surface area contributed by atoms with Crippen molar-refractivity contribution in [1.82, 2.24) is 15.1 Å². The fourth-order valence-corrected chi connectivity index (χ4v) is 2.70. The SMILES string of the molecule is CC(C)(C)OC(=O)N1CCN(c2cnnc3ccccc23)CC1. The summed E-state index contributed by atoms with van der Waals surface area (Å²) in [6, 6.07) is 7.98. The van der Waals surface area contributed by atoms with E-state index in [9.17, 15) is 4.79 Å². The van der Waals surface area contributed by atoms with Gasteiger partial charge in [-0.05, 0) is 26.8 Å². The van der Waals surface area contributed by atoms with E-state index in [0.29, 0.717) is 13.1 Å². The van der Waals surface area contributed by atoms with E-state index in [1.807, 2.05) is 39.0 Å². The van der Waals surface area contributed by atoms with Crippen LogP contribution >= 0.6 is 0 Å². The smallest absolute Gasteiger partial charge is 0.410 e. The van der Waals surface area contributed by atoms with Crippen LogP contribution in [0.5, 0.6) is 0 Å². The number of benzene rings is 1. The van der Waals surface area contributed by atoms with Crippen LogP contribution in [0.1, 0.15) is 20.8 Å². The van der Waals surface area contributed by atoms with Gasteiger partial charge in [-0.2, -0.15) is 10.2 Å². The second-order valence-electron chi connectivity index (χ2n) is 6.70. The zero-order chi connectivity index (χ0) is 16.4. The van der Waals surface area contributed by atoms with Crippen LogP contribution < -0.4 is 4.90 Å². The monoisotopic (exact) mass is 314 g/mol. The van der Waals surface area contributed by atoms with Gasteiger partial charge in [0.05, 0.1) is 17.4 Å². The first-order valence-corrected chi connectivity index (χ1v) is 7.87. The van der Waals surface area contributed by atoms with Gasteiger partial charge in [-0.25, -0.2) is 4.79 Å². The summed E-state index contributed by atoms with van der Waals surface area (Å²) in [5.41, 5.74) is 1.50. The summed E-state index contributed by atoms with van der Waals surface area (Å²) in [6.07, 6.45) is 1.56. The maximum atomic E-state index is 12.1. The minimum Gasteiger partial charge on any atom is -0.444 e. The van der Waals surface area contributed by atoms with E-state index in [0.717, 1.165) is 29.7 Å². The largest absolute Gasteiger partial charge is 0.444 e. The van der Waals surface area contributed by atoms with Crippen LogP contribution in [-0.2, 0) is 4.74 Å². The first-order valence-electron chi connectivity index (χ1n) is 7.87. The van der Waals surface area contributed by atoms with Gasteiger partial charge < -0.3 is 14.5 Å². The van der Waals surface area contributed by atoms with E-state index in [1.165, 1.54) is 0 Å². The minimum atomic E-state index is -0.459. The lowest BCUT2D eigenvalue weighted by atomic mass is 10.2. The van der Waals surface area contributed by atoms with Gasteiger partial charge in [0.1, 0.15) is 5.60 Å². The summed E-state index contributed by atoms with van der Waals surface area (Å²) < 4.78 is 5.43. The maximum Gasteiger partial charge on any atom is 0.410 e. The molecule has 0 bridgehead atoms. The third kappa shape index (κ3) is 3.52. The molecular formula is C17H22N4O2. The first kappa shape index (κ1) is 15.5. The highest BCUT2D eigenvalue weighted by Gasteiger charge is 2.26. The normalized spacial score (nSPS) is 15.8. The molecule has 23 heavy (non-hydrogen) atoms. The van der Waals surface area contributed by atoms with E-state index < -0.39 is 5.60 Å². The molecule has 0 aliphatic carbocycles. The van der Waals surface area contributed by atoms with Crippen molar-refractivity contribution in [2.75, 3.05) is 31.1 Å². The molecule has 1 amide bonds. The lowest BCUT2D eigenvalue weighted by Gasteiger charge is -2.36. The van der Waals surface area contributed by atoms with E-state index in [-0.39, 0.29) is 6.09 Å². The number of carbonyl (C=O) groups is 1. The van der Waals surface area contributed by atoms with Crippen molar-refractivity contribution in [3.63, 3.8) is 0 Å². The highest BCUT2D eigenvalue weighted by molar-refractivity contribution is 5.90. The topological polar surface area (TPSA) is 58.6 Å². The number of piperazine rings is 1. The summed E-state index contributed by atoms with van der Waals surface area (Å²) in [5, 5.41) is 9.34. The lowest BCUT2D eigenvalue weighted by molar-refractivity contribution is 0.0240. The molecule has 1 aliphatic rings. The summed E-state index contributed by atoms with van der Waals surface area (Å²) >= 11 is 0. The van der Waals surface area contributed by atoms with Crippen molar-refractivity contribution in [3.8, 4) is 0 Å². The molecule has 1 fully saturated rings. The average molecular weight is 314 g/mol. The summed E-state index contributed by atoms with van der Waals surface area (Å²) in [7, 11) is 0. The predicted octanol–water partition coefficient (Wildman–Crippen LogP) is 2.69. The Bertz CT molecular complexity index is 698. The minimum absolute atomic E-state index is 0.241. The molecule has 0 atom stereocenters. The number of ether oxygens (including phenoxy) is 1. The summed E-state index contributed by atoms with van der Waals surface area (Å²) in [4.78, 5) is 16.1. The number of hydrogen-bond acceptors (Lipinski definition) is 5. The van der Waals surface area contributed by atoms with E-state index in [1.54, 1.807) is 11.1 Å². The van der Waals surface area contributed by atoms with Crippen molar-refractivity contribution in [3.05, 3.63) is 30.5 Å². The van der Waals surface area contributed by atoms with Gasteiger partial charge in [0, 0.05) is 31.6 Å². The van der Waals surface area contributed by atoms with Gasteiger partial charge in [0.2, 0.25) is 0 Å². The summed E-state index contributed by atoms with van der Waals surface area (Å²) in [6.45, 7) is 8.46. The van der Waals surface area contributed by atoms with Crippen molar-refractivity contribution < 1.29 is 9.53 Å². The number of rotatable bonds is 1. The standard InChI is InChI=1S/C17H22N4O2/c1-17(2,3)23-16(22)21-10-8-20(9-11-21)15-12-18-19-14-7-5-4-6-13(14)15/h4-7,12H,8-11H2,1-3H3. The number of amides is 1. The third-order valence-corrected chi connectivity index (χ3v) is 3.80. The number of anilines is 1. The van der Waals surface area contributed by atoms with Gasteiger partial charge in [-0.3, -0.25) is 0 Å². The Morgan fingerprint density at radius 2 is 1.83 bits per heavy atom. The molecule has 1 aromatic heterocycles. The zero-order valence-corrected chi connectivity index (χ0v) is 13.8. The first-order chi connectivity index (χ1) is 10.9. The molecule has 1 saturated heterocycles. The van der Waals surface area contributed by atoms with E-state index in [4.69, 9.17) is 4.74 Å². The van der Waals surface area contributed by atoms with Crippen LogP contribution in [0, 0.1) is 0 Å². The van der Waals surface area contributed by atoms with Crippen LogP contribution in [-0.4, -0.2) is 53.0 Å². The number of fused-ring (bicyclic) bond motifs is 1. The van der Waals surface area contributed by atoms with Gasteiger partial charge in [0.15, 0.2) is 0 Å². The summed E-state index contributed by atoms with van der Waals surface area (Å²) in [5.74, 6) is 0. The van der Waals surface area contributed by atoms with Gasteiger partial charge in [-0.1, -0.05) is 18.2 Å². The van der Waals surface area contributed by atoms with Crippen molar-refractivity contribution in [1.29, 1.82) is 0 Å². The molecule has 0 N–H and O–H groups in total. The van der Waals surface area contributed by atoms with Crippen LogP contribution in [0.3, 0.4) is 0 Å².